The van der Waals surface area contributed by atoms with Crippen molar-refractivity contribution in [3.63, 3.8) is 0 Å². The molecule has 1 N–H and O–H groups in total. The van der Waals surface area contributed by atoms with Crippen molar-refractivity contribution < 1.29 is 9.90 Å². The van der Waals surface area contributed by atoms with Crippen LogP contribution in [0.15, 0.2) is 12.2 Å². The number of hydrogen-bond acceptors (Lipinski definition) is 2. The molecule has 0 amide bonds. The standard InChI is InChI=1S/C12H18O2/c1-7(2)11(13)12(14)10-6-8-3-4-9(10)5-8/h3-4,7-11,13H,5-6H2,1-2H3/t8?,9?,10-,11+/m1/s1. The van der Waals surface area contributed by atoms with Crippen LogP contribution in [0.25, 0.3) is 0 Å². The monoisotopic (exact) mass is 194 g/mol. The van der Waals surface area contributed by atoms with Crippen LogP contribution < -0.4 is 0 Å². The van der Waals surface area contributed by atoms with E-state index in [1.165, 1.54) is 0 Å². The van der Waals surface area contributed by atoms with E-state index in [2.05, 4.69) is 12.2 Å². The summed E-state index contributed by atoms with van der Waals surface area (Å²) in [5, 5.41) is 9.71. The van der Waals surface area contributed by atoms with Gasteiger partial charge in [-0.15, -0.1) is 0 Å². The maximum Gasteiger partial charge on any atom is 0.165 e. The first kappa shape index (κ1) is 9.91. The smallest absolute Gasteiger partial charge is 0.165 e. The second-order valence-electron chi connectivity index (χ2n) is 4.98. The summed E-state index contributed by atoms with van der Waals surface area (Å²) in [7, 11) is 0. The number of rotatable bonds is 3. The number of allylic oxidation sites excluding steroid dienone is 2. The normalized spacial score (nSPS) is 36.7. The Morgan fingerprint density at radius 1 is 1.36 bits per heavy atom. The van der Waals surface area contributed by atoms with Crippen LogP contribution in [-0.2, 0) is 4.79 Å². The molecular weight excluding hydrogens is 176 g/mol. The Bertz CT molecular complexity index is 267. The zero-order chi connectivity index (χ0) is 10.3. The molecule has 0 aliphatic heterocycles. The lowest BCUT2D eigenvalue weighted by Gasteiger charge is -2.22. The number of carbonyl (C=O) groups excluding carboxylic acids is 1. The van der Waals surface area contributed by atoms with Crippen molar-refractivity contribution in [1.29, 1.82) is 0 Å². The molecule has 1 saturated carbocycles. The summed E-state index contributed by atoms with van der Waals surface area (Å²) in [6.45, 7) is 3.79. The predicted octanol–water partition coefficient (Wildman–Crippen LogP) is 1.78. The van der Waals surface area contributed by atoms with Gasteiger partial charge in [0.05, 0.1) is 0 Å². The minimum atomic E-state index is -0.757. The predicted molar refractivity (Wildman–Crippen MR) is 54.7 cm³/mol. The molecule has 0 saturated heterocycles. The second kappa shape index (κ2) is 3.50. The van der Waals surface area contributed by atoms with E-state index in [4.69, 9.17) is 0 Å². The van der Waals surface area contributed by atoms with Crippen molar-refractivity contribution in [2.75, 3.05) is 0 Å². The summed E-state index contributed by atoms with van der Waals surface area (Å²) in [4.78, 5) is 11.9. The lowest BCUT2D eigenvalue weighted by Crippen LogP contribution is -2.34. The first-order valence-electron chi connectivity index (χ1n) is 5.49. The maximum absolute atomic E-state index is 11.9. The molecule has 2 aliphatic rings. The molecule has 0 aromatic heterocycles. The molecule has 0 spiro atoms. The van der Waals surface area contributed by atoms with Gasteiger partial charge in [0.15, 0.2) is 5.78 Å². The lowest BCUT2D eigenvalue weighted by atomic mass is 9.84. The molecule has 14 heavy (non-hydrogen) atoms. The highest BCUT2D eigenvalue weighted by atomic mass is 16.3. The molecule has 4 atom stereocenters. The van der Waals surface area contributed by atoms with E-state index >= 15 is 0 Å². The summed E-state index contributed by atoms with van der Waals surface area (Å²) in [6.07, 6.45) is 5.71. The Balaban J connectivity index is 2.03. The maximum atomic E-state index is 11.9. The van der Waals surface area contributed by atoms with Gasteiger partial charge in [-0.05, 0) is 30.6 Å². The third kappa shape index (κ3) is 1.52. The molecule has 1 fully saturated rings. The third-order valence-corrected chi connectivity index (χ3v) is 3.57. The molecule has 2 unspecified atom stereocenters. The van der Waals surface area contributed by atoms with Gasteiger partial charge in [-0.1, -0.05) is 26.0 Å². The fraction of sp³-hybridized carbons (Fsp3) is 0.750. The van der Waals surface area contributed by atoms with Crippen LogP contribution >= 0.6 is 0 Å². The highest BCUT2D eigenvalue weighted by molar-refractivity contribution is 5.86. The quantitative estimate of drug-likeness (QED) is 0.695. The second-order valence-corrected chi connectivity index (χ2v) is 4.98. The number of aliphatic hydroxyl groups is 1. The molecular formula is C12H18O2. The molecule has 2 rings (SSSR count). The molecule has 2 aliphatic carbocycles. The average molecular weight is 194 g/mol. The molecule has 2 nitrogen and oxygen atoms in total. The third-order valence-electron chi connectivity index (χ3n) is 3.57. The summed E-state index contributed by atoms with van der Waals surface area (Å²) in [6, 6.07) is 0. The first-order valence-corrected chi connectivity index (χ1v) is 5.49. The number of aliphatic hydroxyl groups excluding tert-OH is 1. The zero-order valence-corrected chi connectivity index (χ0v) is 8.81. The largest absolute Gasteiger partial charge is 0.385 e. The van der Waals surface area contributed by atoms with Gasteiger partial charge in [0.1, 0.15) is 6.10 Å². The molecule has 2 heteroatoms. The van der Waals surface area contributed by atoms with Crippen LogP contribution in [0.3, 0.4) is 0 Å². The Hall–Kier alpha value is -0.630. The van der Waals surface area contributed by atoms with E-state index in [1.807, 2.05) is 13.8 Å². The number of carbonyl (C=O) groups is 1. The van der Waals surface area contributed by atoms with Crippen molar-refractivity contribution in [2.24, 2.45) is 23.7 Å². The highest BCUT2D eigenvalue weighted by Gasteiger charge is 2.41. The van der Waals surface area contributed by atoms with Gasteiger partial charge < -0.3 is 5.11 Å². The van der Waals surface area contributed by atoms with E-state index in [9.17, 15) is 9.90 Å². The van der Waals surface area contributed by atoms with Crippen LogP contribution in [0.2, 0.25) is 0 Å². The Morgan fingerprint density at radius 2 is 2.07 bits per heavy atom. The van der Waals surface area contributed by atoms with Gasteiger partial charge in [-0.25, -0.2) is 0 Å². The van der Waals surface area contributed by atoms with Crippen molar-refractivity contribution in [3.8, 4) is 0 Å². The minimum Gasteiger partial charge on any atom is -0.385 e. The Kier molecular flexibility index (Phi) is 2.48. The van der Waals surface area contributed by atoms with Crippen molar-refractivity contribution >= 4 is 5.78 Å². The molecule has 0 heterocycles. The van der Waals surface area contributed by atoms with E-state index in [0.29, 0.717) is 11.8 Å². The topological polar surface area (TPSA) is 37.3 Å². The molecule has 0 aromatic carbocycles. The van der Waals surface area contributed by atoms with Gasteiger partial charge in [-0.2, -0.15) is 0 Å². The Morgan fingerprint density at radius 3 is 2.50 bits per heavy atom. The molecule has 0 radical (unpaired) electrons. The number of Topliss-reactive ketones (excluding diaryl/α,β-unsaturated/α-hetero) is 1. The SMILES string of the molecule is CC(C)[C@H](O)C(=O)[C@@H]1CC2C=CC1C2. The van der Waals surface area contributed by atoms with Crippen LogP contribution in [0.5, 0.6) is 0 Å². The Labute approximate surface area is 85.0 Å². The van der Waals surface area contributed by atoms with Gasteiger partial charge in [0.25, 0.3) is 0 Å². The van der Waals surface area contributed by atoms with Crippen LogP contribution in [0, 0.1) is 23.7 Å². The van der Waals surface area contributed by atoms with Crippen LogP contribution in [0.4, 0.5) is 0 Å². The van der Waals surface area contributed by atoms with Crippen LogP contribution in [0.1, 0.15) is 26.7 Å². The molecule has 2 bridgehead atoms. The number of hydrogen-bond donors (Lipinski definition) is 1. The number of ketones is 1. The minimum absolute atomic E-state index is 0.0469. The zero-order valence-electron chi connectivity index (χ0n) is 8.81. The van der Waals surface area contributed by atoms with Crippen molar-refractivity contribution in [2.45, 2.75) is 32.8 Å². The van der Waals surface area contributed by atoms with E-state index in [-0.39, 0.29) is 17.6 Å². The average Bonchev–Trinajstić information content (AvgIpc) is 2.76. The first-order chi connectivity index (χ1) is 6.59. The van der Waals surface area contributed by atoms with E-state index < -0.39 is 6.10 Å². The summed E-state index contributed by atoms with van der Waals surface area (Å²) >= 11 is 0. The number of fused-ring (bicyclic) bond motifs is 2. The van der Waals surface area contributed by atoms with Gasteiger partial charge in [0.2, 0.25) is 0 Å². The summed E-state index contributed by atoms with van der Waals surface area (Å²) < 4.78 is 0. The van der Waals surface area contributed by atoms with Gasteiger partial charge in [0, 0.05) is 5.92 Å². The van der Waals surface area contributed by atoms with E-state index in [1.54, 1.807) is 0 Å². The lowest BCUT2D eigenvalue weighted by molar-refractivity contribution is -0.134. The van der Waals surface area contributed by atoms with Gasteiger partial charge in [-0.3, -0.25) is 4.79 Å². The summed E-state index contributed by atoms with van der Waals surface area (Å²) in [5.74, 6) is 1.24. The van der Waals surface area contributed by atoms with Crippen LogP contribution in [-0.4, -0.2) is 17.0 Å². The summed E-state index contributed by atoms with van der Waals surface area (Å²) in [5.41, 5.74) is 0. The highest BCUT2D eigenvalue weighted by Crippen LogP contribution is 2.44. The van der Waals surface area contributed by atoms with E-state index in [0.717, 1.165) is 12.8 Å². The fourth-order valence-corrected chi connectivity index (χ4v) is 2.66. The molecule has 78 valence electrons. The molecule has 0 aromatic rings. The fourth-order valence-electron chi connectivity index (χ4n) is 2.66. The van der Waals surface area contributed by atoms with Crippen molar-refractivity contribution in [3.05, 3.63) is 12.2 Å². The van der Waals surface area contributed by atoms with Gasteiger partial charge >= 0.3 is 0 Å². The van der Waals surface area contributed by atoms with Crippen molar-refractivity contribution in [1.82, 2.24) is 0 Å².